The van der Waals surface area contributed by atoms with Crippen LogP contribution in [0.2, 0.25) is 0 Å². The van der Waals surface area contributed by atoms with E-state index in [-0.39, 0.29) is 12.8 Å². The van der Waals surface area contributed by atoms with Gasteiger partial charge in [-0.15, -0.1) is 0 Å². The molecule has 0 spiro atoms. The van der Waals surface area contributed by atoms with Crippen LogP contribution in [0.3, 0.4) is 0 Å². The standard InChI is InChI=1S/C18H32O5/c1-2-3-4-5-6-9-12-16(20)17(21)14-15(19)11-8-7-10-13-18(22)23/h3-4,6,9,15-17,19-21H,2,5,7-8,10-14H2,1H3,(H,22,23)/b4-3-,9-6-/t15-,16-,17+/m0/s1. The molecule has 0 fully saturated rings. The Morgan fingerprint density at radius 3 is 2.30 bits per heavy atom. The Labute approximate surface area is 139 Å². The SMILES string of the molecule is CC/C=C\C/C=C\C[C@H](O)[C@H](O)C[C@@H](O)CCCCCC(=O)O. The van der Waals surface area contributed by atoms with Crippen LogP contribution in [0, 0.1) is 0 Å². The molecule has 4 N–H and O–H groups in total. The van der Waals surface area contributed by atoms with E-state index in [4.69, 9.17) is 5.11 Å². The highest BCUT2D eigenvalue weighted by Gasteiger charge is 2.18. The number of carbonyl (C=O) groups is 1. The lowest BCUT2D eigenvalue weighted by Gasteiger charge is -2.19. The summed E-state index contributed by atoms with van der Waals surface area (Å²) in [4.78, 5) is 10.4. The number of unbranched alkanes of at least 4 members (excludes halogenated alkanes) is 2. The van der Waals surface area contributed by atoms with Crippen LogP contribution in [0.4, 0.5) is 0 Å². The third kappa shape index (κ3) is 14.2. The highest BCUT2D eigenvalue weighted by Crippen LogP contribution is 2.13. The molecule has 0 aliphatic rings. The number of rotatable bonds is 14. The molecule has 0 saturated heterocycles. The maximum Gasteiger partial charge on any atom is 0.303 e. The molecule has 0 amide bonds. The zero-order valence-electron chi connectivity index (χ0n) is 14.1. The maximum absolute atomic E-state index is 10.4. The average molecular weight is 328 g/mol. The Balaban J connectivity index is 3.77. The van der Waals surface area contributed by atoms with Gasteiger partial charge in [0.05, 0.1) is 18.3 Å². The Morgan fingerprint density at radius 1 is 0.957 bits per heavy atom. The van der Waals surface area contributed by atoms with Crippen molar-refractivity contribution in [3.63, 3.8) is 0 Å². The Hall–Kier alpha value is -1.17. The van der Waals surface area contributed by atoms with Gasteiger partial charge in [-0.25, -0.2) is 0 Å². The molecular weight excluding hydrogens is 296 g/mol. The monoisotopic (exact) mass is 328 g/mol. The van der Waals surface area contributed by atoms with Crippen molar-refractivity contribution >= 4 is 5.97 Å². The zero-order chi connectivity index (χ0) is 17.5. The minimum Gasteiger partial charge on any atom is -0.481 e. The van der Waals surface area contributed by atoms with Crippen LogP contribution in [0.5, 0.6) is 0 Å². The number of hydrogen-bond acceptors (Lipinski definition) is 4. The van der Waals surface area contributed by atoms with Crippen molar-refractivity contribution in [3.8, 4) is 0 Å². The van der Waals surface area contributed by atoms with Gasteiger partial charge in [-0.3, -0.25) is 4.79 Å². The first-order chi connectivity index (χ1) is 11.0. The summed E-state index contributed by atoms with van der Waals surface area (Å²) in [6, 6.07) is 0. The lowest BCUT2D eigenvalue weighted by atomic mass is 10.00. The summed E-state index contributed by atoms with van der Waals surface area (Å²) in [6.07, 6.45) is 10.5. The predicted molar refractivity (Wildman–Crippen MR) is 91.2 cm³/mol. The second kappa shape index (κ2) is 14.4. The van der Waals surface area contributed by atoms with E-state index in [1.54, 1.807) is 0 Å². The summed E-state index contributed by atoms with van der Waals surface area (Å²) in [6.45, 7) is 2.07. The molecule has 5 heteroatoms. The second-order valence-corrected chi connectivity index (χ2v) is 5.84. The predicted octanol–water partition coefficient (Wildman–Crippen LogP) is 2.80. The summed E-state index contributed by atoms with van der Waals surface area (Å²) in [5.74, 6) is -0.803. The van der Waals surface area contributed by atoms with Crippen molar-refractivity contribution in [2.45, 2.75) is 83.0 Å². The molecule has 0 aliphatic heterocycles. The maximum atomic E-state index is 10.4. The summed E-state index contributed by atoms with van der Waals surface area (Å²) >= 11 is 0. The fourth-order valence-electron chi connectivity index (χ4n) is 2.22. The first-order valence-electron chi connectivity index (χ1n) is 8.53. The fraction of sp³-hybridized carbons (Fsp3) is 0.722. The molecule has 0 radical (unpaired) electrons. The van der Waals surface area contributed by atoms with Gasteiger partial charge in [0.25, 0.3) is 0 Å². The molecule has 0 aromatic carbocycles. The summed E-state index contributed by atoms with van der Waals surface area (Å²) in [7, 11) is 0. The van der Waals surface area contributed by atoms with Crippen molar-refractivity contribution in [3.05, 3.63) is 24.3 Å². The molecular formula is C18H32O5. The van der Waals surface area contributed by atoms with Gasteiger partial charge in [0.15, 0.2) is 0 Å². The number of aliphatic hydroxyl groups excluding tert-OH is 3. The summed E-state index contributed by atoms with van der Waals surface area (Å²) in [5.41, 5.74) is 0. The van der Waals surface area contributed by atoms with Crippen LogP contribution >= 0.6 is 0 Å². The number of hydrogen-bond donors (Lipinski definition) is 4. The Morgan fingerprint density at radius 2 is 1.65 bits per heavy atom. The van der Waals surface area contributed by atoms with E-state index in [0.717, 1.165) is 25.7 Å². The van der Waals surface area contributed by atoms with Crippen LogP contribution < -0.4 is 0 Å². The topological polar surface area (TPSA) is 98.0 Å². The van der Waals surface area contributed by atoms with Crippen LogP contribution in [-0.4, -0.2) is 44.7 Å². The molecule has 0 aromatic rings. The molecule has 0 heterocycles. The molecule has 0 rings (SSSR count). The molecule has 5 nitrogen and oxygen atoms in total. The quantitative estimate of drug-likeness (QED) is 0.290. The summed E-state index contributed by atoms with van der Waals surface area (Å²) < 4.78 is 0. The van der Waals surface area contributed by atoms with Gasteiger partial charge in [0.1, 0.15) is 0 Å². The van der Waals surface area contributed by atoms with Gasteiger partial charge in [-0.2, -0.15) is 0 Å². The van der Waals surface area contributed by atoms with Crippen LogP contribution in [-0.2, 0) is 4.79 Å². The van der Waals surface area contributed by atoms with E-state index in [2.05, 4.69) is 13.0 Å². The molecule has 0 unspecified atom stereocenters. The van der Waals surface area contributed by atoms with Gasteiger partial charge in [-0.1, -0.05) is 44.1 Å². The average Bonchev–Trinajstić information content (AvgIpc) is 2.49. The first kappa shape index (κ1) is 21.8. The molecule has 0 aromatic heterocycles. The first-order valence-corrected chi connectivity index (χ1v) is 8.53. The minimum atomic E-state index is -0.945. The molecule has 0 aliphatic carbocycles. The zero-order valence-corrected chi connectivity index (χ0v) is 14.1. The smallest absolute Gasteiger partial charge is 0.303 e. The Bertz CT molecular complexity index is 351. The van der Waals surface area contributed by atoms with Gasteiger partial charge < -0.3 is 20.4 Å². The molecule has 3 atom stereocenters. The molecule has 134 valence electrons. The number of carboxylic acid groups (broad SMARTS) is 1. The van der Waals surface area contributed by atoms with Crippen molar-refractivity contribution < 1.29 is 25.2 Å². The van der Waals surface area contributed by atoms with Gasteiger partial charge in [-0.05, 0) is 32.1 Å². The third-order valence-electron chi connectivity index (χ3n) is 3.60. The van der Waals surface area contributed by atoms with E-state index >= 15 is 0 Å². The largest absolute Gasteiger partial charge is 0.481 e. The number of carboxylic acids is 1. The molecule has 23 heavy (non-hydrogen) atoms. The van der Waals surface area contributed by atoms with E-state index in [1.165, 1.54) is 0 Å². The van der Waals surface area contributed by atoms with Crippen molar-refractivity contribution in [1.82, 2.24) is 0 Å². The second-order valence-electron chi connectivity index (χ2n) is 5.84. The fourth-order valence-corrected chi connectivity index (χ4v) is 2.22. The summed E-state index contributed by atoms with van der Waals surface area (Å²) in [5, 5.41) is 38.1. The van der Waals surface area contributed by atoms with Gasteiger partial charge in [0, 0.05) is 12.8 Å². The van der Waals surface area contributed by atoms with Crippen molar-refractivity contribution in [2.75, 3.05) is 0 Å². The van der Waals surface area contributed by atoms with Crippen molar-refractivity contribution in [2.24, 2.45) is 0 Å². The lowest BCUT2D eigenvalue weighted by molar-refractivity contribution is -0.137. The minimum absolute atomic E-state index is 0.143. The number of allylic oxidation sites excluding steroid dienone is 3. The van der Waals surface area contributed by atoms with E-state index in [1.807, 2.05) is 18.2 Å². The van der Waals surface area contributed by atoms with E-state index in [0.29, 0.717) is 19.3 Å². The van der Waals surface area contributed by atoms with Crippen LogP contribution in [0.1, 0.15) is 64.7 Å². The van der Waals surface area contributed by atoms with E-state index in [9.17, 15) is 20.1 Å². The normalized spacial score (nSPS) is 16.0. The highest BCUT2D eigenvalue weighted by molar-refractivity contribution is 5.66. The third-order valence-corrected chi connectivity index (χ3v) is 3.60. The van der Waals surface area contributed by atoms with Crippen LogP contribution in [0.25, 0.3) is 0 Å². The van der Waals surface area contributed by atoms with Crippen molar-refractivity contribution in [1.29, 1.82) is 0 Å². The van der Waals surface area contributed by atoms with Gasteiger partial charge >= 0.3 is 5.97 Å². The van der Waals surface area contributed by atoms with Crippen LogP contribution in [0.15, 0.2) is 24.3 Å². The highest BCUT2D eigenvalue weighted by atomic mass is 16.4. The number of aliphatic hydroxyl groups is 3. The lowest BCUT2D eigenvalue weighted by Crippen LogP contribution is -2.29. The number of aliphatic carboxylic acids is 1. The molecule has 0 bridgehead atoms. The van der Waals surface area contributed by atoms with Gasteiger partial charge in [0.2, 0.25) is 0 Å². The molecule has 0 saturated carbocycles. The van der Waals surface area contributed by atoms with E-state index < -0.39 is 24.3 Å². The Kier molecular flexibility index (Phi) is 13.7.